The average molecular weight is 230 g/mol. The van der Waals surface area contributed by atoms with Gasteiger partial charge in [0.15, 0.2) is 0 Å². The number of nitrogens with zero attached hydrogens (tertiary/aromatic N) is 2. The predicted molar refractivity (Wildman–Crippen MR) is 71.7 cm³/mol. The Kier molecular flexibility index (Phi) is 3.25. The van der Waals surface area contributed by atoms with E-state index >= 15 is 0 Å². The van der Waals surface area contributed by atoms with Gasteiger partial charge in [0.2, 0.25) is 0 Å². The summed E-state index contributed by atoms with van der Waals surface area (Å²) in [6, 6.07) is 3.96. The van der Waals surface area contributed by atoms with Gasteiger partial charge in [0.25, 0.3) is 0 Å². The second-order valence-corrected chi connectivity index (χ2v) is 4.38. The van der Waals surface area contributed by atoms with E-state index in [0.717, 1.165) is 21.9 Å². The lowest BCUT2D eigenvalue weighted by Gasteiger charge is -2.05. The zero-order chi connectivity index (χ0) is 11.5. The van der Waals surface area contributed by atoms with Crippen molar-refractivity contribution in [3.8, 4) is 0 Å². The van der Waals surface area contributed by atoms with E-state index in [0.29, 0.717) is 5.92 Å². The summed E-state index contributed by atoms with van der Waals surface area (Å²) < 4.78 is 0. The third kappa shape index (κ3) is 2.25. The van der Waals surface area contributed by atoms with Crippen LogP contribution in [0.1, 0.15) is 18.2 Å². The Morgan fingerprint density at radius 3 is 2.94 bits per heavy atom. The summed E-state index contributed by atoms with van der Waals surface area (Å²) in [4.78, 5) is 9.70. The summed E-state index contributed by atoms with van der Waals surface area (Å²) >= 11 is 4.46. The molecule has 1 atom stereocenters. The minimum atomic E-state index is 0.337. The van der Waals surface area contributed by atoms with Crippen molar-refractivity contribution in [2.24, 2.45) is 10.9 Å². The number of hydrogen-bond acceptors (Lipinski definition) is 3. The van der Waals surface area contributed by atoms with E-state index in [1.807, 2.05) is 31.3 Å². The molecule has 2 nitrogen and oxygen atoms in total. The highest BCUT2D eigenvalue weighted by Crippen LogP contribution is 2.26. The summed E-state index contributed by atoms with van der Waals surface area (Å²) in [6.45, 7) is 4.12. The van der Waals surface area contributed by atoms with Gasteiger partial charge in [0.1, 0.15) is 5.70 Å². The lowest BCUT2D eigenvalue weighted by Crippen LogP contribution is -1.93. The van der Waals surface area contributed by atoms with Gasteiger partial charge in [-0.2, -0.15) is 0 Å². The van der Waals surface area contributed by atoms with E-state index in [9.17, 15) is 0 Å². The number of aryl methyl sites for hydroxylation is 1. The van der Waals surface area contributed by atoms with Crippen molar-refractivity contribution < 1.29 is 0 Å². The number of rotatable bonds is 1. The van der Waals surface area contributed by atoms with Crippen LogP contribution in [0, 0.1) is 12.8 Å². The third-order valence-electron chi connectivity index (χ3n) is 2.47. The molecule has 0 aliphatic carbocycles. The maximum Gasteiger partial charge on any atom is 0.102 e. The maximum absolute atomic E-state index is 4.47. The van der Waals surface area contributed by atoms with Crippen LogP contribution >= 0.6 is 12.6 Å². The Morgan fingerprint density at radius 1 is 1.38 bits per heavy atom. The molecule has 82 valence electrons. The molecule has 0 aromatic carbocycles. The van der Waals surface area contributed by atoms with Gasteiger partial charge in [-0.15, -0.1) is 12.6 Å². The highest BCUT2D eigenvalue weighted by molar-refractivity contribution is 7.85. The molecule has 2 rings (SSSR count). The van der Waals surface area contributed by atoms with Crippen LogP contribution in [0.25, 0.3) is 5.70 Å². The third-order valence-corrected chi connectivity index (χ3v) is 2.83. The van der Waals surface area contributed by atoms with Gasteiger partial charge in [-0.05, 0) is 24.6 Å². The fourth-order valence-electron chi connectivity index (χ4n) is 1.55. The number of aliphatic imine (C=N–C) groups is 1. The minimum Gasteiger partial charge on any atom is -0.257 e. The van der Waals surface area contributed by atoms with Crippen LogP contribution in [0.3, 0.4) is 0 Å². The van der Waals surface area contributed by atoms with Crippen molar-refractivity contribution >= 4 is 24.5 Å². The second kappa shape index (κ2) is 4.66. The molecular weight excluding hydrogens is 216 g/mol. The molecule has 1 aromatic rings. The molecule has 0 radical (unpaired) electrons. The van der Waals surface area contributed by atoms with Crippen LogP contribution in [-0.2, 0) is 0 Å². The highest BCUT2D eigenvalue weighted by Gasteiger charge is 2.10. The second-order valence-electron chi connectivity index (χ2n) is 3.90. The first-order valence-electron chi connectivity index (χ1n) is 5.26. The zero-order valence-corrected chi connectivity index (χ0v) is 10.3. The Labute approximate surface area is 101 Å². The van der Waals surface area contributed by atoms with Gasteiger partial charge >= 0.3 is 0 Å². The minimum absolute atomic E-state index is 0.337. The Hall–Kier alpha value is -1.35. The molecule has 16 heavy (non-hydrogen) atoms. The largest absolute Gasteiger partial charge is 0.257 e. The van der Waals surface area contributed by atoms with E-state index in [1.54, 1.807) is 6.20 Å². The number of thiol groups is 1. The molecule has 0 spiro atoms. The number of pyridine rings is 1. The fraction of sp³-hybridized carbons (Fsp3) is 0.231. The Bertz CT molecular complexity index is 486. The molecule has 0 N–H and O–H groups in total. The quantitative estimate of drug-likeness (QED) is 0.736. The van der Waals surface area contributed by atoms with Gasteiger partial charge in [-0.1, -0.05) is 19.1 Å². The smallest absolute Gasteiger partial charge is 0.102 e. The number of hydrogen-bond donors (Lipinski definition) is 1. The lowest BCUT2D eigenvalue weighted by atomic mass is 10.1. The Morgan fingerprint density at radius 2 is 2.19 bits per heavy atom. The molecule has 3 heteroatoms. The lowest BCUT2D eigenvalue weighted by molar-refractivity contribution is 1.03. The van der Waals surface area contributed by atoms with Gasteiger partial charge in [-0.3, -0.25) is 9.98 Å². The van der Waals surface area contributed by atoms with Crippen LogP contribution in [0.15, 0.2) is 40.4 Å². The van der Waals surface area contributed by atoms with Crippen LogP contribution < -0.4 is 0 Å². The van der Waals surface area contributed by atoms with Crippen LogP contribution in [0.2, 0.25) is 0 Å². The van der Waals surface area contributed by atoms with E-state index in [2.05, 4.69) is 35.6 Å². The molecule has 0 bridgehead atoms. The summed E-state index contributed by atoms with van der Waals surface area (Å²) in [5.74, 6) is 0.337. The monoisotopic (exact) mass is 230 g/mol. The SMILES string of the molecule is Cc1cccnc1C1=C(S)C=C[C@H](C)C=N1. The molecule has 0 amide bonds. The van der Waals surface area contributed by atoms with Crippen LogP contribution in [0.4, 0.5) is 0 Å². The maximum atomic E-state index is 4.47. The van der Waals surface area contributed by atoms with Crippen molar-refractivity contribution in [1.82, 2.24) is 4.98 Å². The van der Waals surface area contributed by atoms with Gasteiger partial charge in [0.05, 0.1) is 5.69 Å². The first kappa shape index (κ1) is 11.1. The van der Waals surface area contributed by atoms with Crippen molar-refractivity contribution in [2.45, 2.75) is 13.8 Å². The number of allylic oxidation sites excluding steroid dienone is 2. The fourth-order valence-corrected chi connectivity index (χ4v) is 1.80. The molecule has 0 saturated carbocycles. The zero-order valence-electron chi connectivity index (χ0n) is 9.38. The van der Waals surface area contributed by atoms with Gasteiger partial charge in [-0.25, -0.2) is 0 Å². The summed E-state index contributed by atoms with van der Waals surface area (Å²) in [5, 5.41) is 0. The van der Waals surface area contributed by atoms with Crippen molar-refractivity contribution in [2.75, 3.05) is 0 Å². The molecule has 1 aromatic heterocycles. The van der Waals surface area contributed by atoms with E-state index < -0.39 is 0 Å². The standard InChI is InChI=1S/C13H14N2S/c1-9-5-6-11(16)13(15-8-9)12-10(2)4-3-7-14-12/h3-9,16H,1-2H3/t9-/m0/s1. The van der Waals surface area contributed by atoms with E-state index in [1.165, 1.54) is 0 Å². The van der Waals surface area contributed by atoms with Crippen LogP contribution in [-0.4, -0.2) is 11.2 Å². The molecule has 0 saturated heterocycles. The average Bonchev–Trinajstić information content (AvgIpc) is 2.43. The van der Waals surface area contributed by atoms with E-state index in [4.69, 9.17) is 0 Å². The molecular formula is C13H14N2S. The molecule has 1 aliphatic heterocycles. The Balaban J connectivity index is 2.52. The predicted octanol–water partition coefficient (Wildman–Crippen LogP) is 3.27. The molecule has 0 unspecified atom stereocenters. The summed E-state index contributed by atoms with van der Waals surface area (Å²) in [6.07, 6.45) is 7.77. The topological polar surface area (TPSA) is 25.2 Å². The first-order valence-corrected chi connectivity index (χ1v) is 5.71. The highest BCUT2D eigenvalue weighted by atomic mass is 32.1. The van der Waals surface area contributed by atoms with Crippen molar-refractivity contribution in [3.63, 3.8) is 0 Å². The molecule has 2 heterocycles. The summed E-state index contributed by atoms with van der Waals surface area (Å²) in [5.41, 5.74) is 2.87. The van der Waals surface area contributed by atoms with Crippen molar-refractivity contribution in [3.05, 3.63) is 46.6 Å². The normalized spacial score (nSPS) is 20.1. The van der Waals surface area contributed by atoms with Crippen LogP contribution in [0.5, 0.6) is 0 Å². The van der Waals surface area contributed by atoms with Gasteiger partial charge < -0.3 is 0 Å². The van der Waals surface area contributed by atoms with Crippen molar-refractivity contribution in [1.29, 1.82) is 0 Å². The molecule has 1 aliphatic rings. The summed E-state index contributed by atoms with van der Waals surface area (Å²) in [7, 11) is 0. The number of aromatic nitrogens is 1. The van der Waals surface area contributed by atoms with Gasteiger partial charge in [0, 0.05) is 23.2 Å². The first-order chi connectivity index (χ1) is 7.68. The molecule has 0 fully saturated rings. The van der Waals surface area contributed by atoms with E-state index in [-0.39, 0.29) is 0 Å².